The van der Waals surface area contributed by atoms with Crippen LogP contribution in [0.1, 0.15) is 39.4 Å². The Morgan fingerprint density at radius 2 is 2.09 bits per heavy atom. The highest BCUT2D eigenvalue weighted by Crippen LogP contribution is 2.29. The monoisotopic (exact) mass is 322 g/mol. The fourth-order valence-electron chi connectivity index (χ4n) is 2.75. The minimum Gasteiger partial charge on any atom is -0.451 e. The van der Waals surface area contributed by atoms with Gasteiger partial charge >= 0.3 is 12.0 Å². The van der Waals surface area contributed by atoms with E-state index in [9.17, 15) is 14.4 Å². The minimum absolute atomic E-state index is 0.322. The van der Waals surface area contributed by atoms with E-state index in [-0.39, 0.29) is 0 Å². The largest absolute Gasteiger partial charge is 0.451 e. The molecule has 3 amide bonds. The molecule has 7 heteroatoms. The maximum Gasteiger partial charge on any atom is 0.348 e. The Balaban J connectivity index is 1.58. The second-order valence-corrected chi connectivity index (χ2v) is 6.61. The molecule has 0 spiro atoms. The number of hydrogen-bond acceptors (Lipinski definition) is 5. The Morgan fingerprint density at radius 3 is 2.86 bits per heavy atom. The number of fused-ring (bicyclic) bond motifs is 1. The minimum atomic E-state index is -0.485. The van der Waals surface area contributed by atoms with Crippen molar-refractivity contribution in [1.29, 1.82) is 0 Å². The van der Waals surface area contributed by atoms with Crippen molar-refractivity contribution in [2.24, 2.45) is 0 Å². The normalized spacial score (nSPS) is 17.6. The summed E-state index contributed by atoms with van der Waals surface area (Å²) in [5.41, 5.74) is 1.24. The summed E-state index contributed by atoms with van der Waals surface area (Å²) in [6, 6.07) is 1.46. The Bertz CT molecular complexity index is 587. The van der Waals surface area contributed by atoms with Crippen molar-refractivity contribution in [2.45, 2.75) is 32.1 Å². The molecule has 1 aromatic rings. The van der Waals surface area contributed by atoms with Crippen LogP contribution < -0.4 is 5.32 Å². The Morgan fingerprint density at radius 1 is 1.27 bits per heavy atom. The lowest BCUT2D eigenvalue weighted by Crippen LogP contribution is -2.37. The summed E-state index contributed by atoms with van der Waals surface area (Å²) in [7, 11) is 0. The predicted octanol–water partition coefficient (Wildman–Crippen LogP) is 1.73. The van der Waals surface area contributed by atoms with Gasteiger partial charge in [-0.2, -0.15) is 0 Å². The maximum absolute atomic E-state index is 12.1. The van der Waals surface area contributed by atoms with Crippen LogP contribution in [0, 0.1) is 0 Å². The summed E-state index contributed by atoms with van der Waals surface area (Å²) in [6.45, 7) is 0.369. The lowest BCUT2D eigenvalue weighted by molar-refractivity contribution is -0.130. The zero-order chi connectivity index (χ0) is 15.5. The molecule has 1 fully saturated rings. The summed E-state index contributed by atoms with van der Waals surface area (Å²) < 4.78 is 5.06. The van der Waals surface area contributed by atoms with Crippen LogP contribution in [0.3, 0.4) is 0 Å². The fraction of sp³-hybridized carbons (Fsp3) is 0.533. The molecule has 0 aromatic carbocycles. The number of thiophene rings is 1. The molecule has 1 saturated heterocycles. The maximum atomic E-state index is 12.1. The molecule has 6 nitrogen and oxygen atoms in total. The van der Waals surface area contributed by atoms with E-state index in [0.29, 0.717) is 18.0 Å². The molecule has 118 valence electrons. The zero-order valence-electron chi connectivity index (χ0n) is 12.2. The van der Waals surface area contributed by atoms with Crippen molar-refractivity contribution < 1.29 is 19.1 Å². The number of nitrogens with zero attached hydrogens (tertiary/aromatic N) is 1. The number of ether oxygens (including phenoxy) is 1. The number of rotatable bonds is 3. The van der Waals surface area contributed by atoms with Crippen LogP contribution in [0.4, 0.5) is 4.79 Å². The van der Waals surface area contributed by atoms with Gasteiger partial charge in [0.15, 0.2) is 6.61 Å². The molecular weight excluding hydrogens is 304 g/mol. The molecule has 2 heterocycles. The van der Waals surface area contributed by atoms with E-state index < -0.39 is 24.5 Å². The molecule has 1 aliphatic carbocycles. The smallest absolute Gasteiger partial charge is 0.348 e. The number of amides is 3. The van der Waals surface area contributed by atoms with Crippen LogP contribution in [-0.4, -0.2) is 42.5 Å². The average molecular weight is 322 g/mol. The van der Waals surface area contributed by atoms with Gasteiger partial charge in [0, 0.05) is 18.0 Å². The fourth-order valence-corrected chi connectivity index (χ4v) is 3.90. The van der Waals surface area contributed by atoms with Gasteiger partial charge < -0.3 is 10.1 Å². The third kappa shape index (κ3) is 3.14. The molecule has 0 atom stereocenters. The van der Waals surface area contributed by atoms with Crippen LogP contribution in [0.25, 0.3) is 0 Å². The van der Waals surface area contributed by atoms with Crippen molar-refractivity contribution in [1.82, 2.24) is 10.2 Å². The van der Waals surface area contributed by atoms with E-state index in [1.807, 2.05) is 6.07 Å². The standard InChI is InChI=1S/C15H18N2O4S/c18-13(17-7-6-16-15(17)20)9-21-14(19)12-8-10-4-2-1-3-5-11(10)22-12/h8H,1-7,9H2,(H,16,20). The van der Waals surface area contributed by atoms with E-state index in [1.54, 1.807) is 0 Å². The van der Waals surface area contributed by atoms with Gasteiger partial charge in [-0.1, -0.05) is 6.42 Å². The van der Waals surface area contributed by atoms with Gasteiger partial charge in [0.25, 0.3) is 5.91 Å². The van der Waals surface area contributed by atoms with E-state index in [2.05, 4.69) is 5.32 Å². The lowest BCUT2D eigenvalue weighted by Gasteiger charge is -2.11. The predicted molar refractivity (Wildman–Crippen MR) is 81.0 cm³/mol. The number of carbonyl (C=O) groups is 3. The van der Waals surface area contributed by atoms with Crippen molar-refractivity contribution in [3.63, 3.8) is 0 Å². The molecule has 3 rings (SSSR count). The van der Waals surface area contributed by atoms with Crippen molar-refractivity contribution >= 4 is 29.2 Å². The van der Waals surface area contributed by atoms with Crippen molar-refractivity contribution in [3.05, 3.63) is 21.4 Å². The summed E-state index contributed by atoms with van der Waals surface area (Å²) in [4.78, 5) is 38.1. The van der Waals surface area contributed by atoms with E-state index >= 15 is 0 Å². The number of imide groups is 1. The average Bonchev–Trinajstić information content (AvgIpc) is 3.05. The highest BCUT2D eigenvalue weighted by Gasteiger charge is 2.27. The molecule has 22 heavy (non-hydrogen) atoms. The van der Waals surface area contributed by atoms with Gasteiger partial charge in [0.2, 0.25) is 0 Å². The first-order chi connectivity index (χ1) is 10.6. The molecule has 0 bridgehead atoms. The van der Waals surface area contributed by atoms with E-state index in [0.717, 1.165) is 30.6 Å². The molecule has 0 radical (unpaired) electrons. The molecule has 2 aliphatic rings. The molecule has 1 aromatic heterocycles. The van der Waals surface area contributed by atoms with Crippen LogP contribution in [0.5, 0.6) is 0 Å². The molecule has 1 aliphatic heterocycles. The van der Waals surface area contributed by atoms with Gasteiger partial charge in [-0.3, -0.25) is 9.69 Å². The molecule has 0 saturated carbocycles. The first kappa shape index (κ1) is 15.0. The molecule has 1 N–H and O–H groups in total. The Hall–Kier alpha value is -1.89. The molecule has 0 unspecified atom stereocenters. The van der Waals surface area contributed by atoms with Crippen LogP contribution >= 0.6 is 11.3 Å². The third-order valence-electron chi connectivity index (χ3n) is 3.93. The number of esters is 1. The second kappa shape index (κ2) is 6.48. The number of hydrogen-bond donors (Lipinski definition) is 1. The number of carbonyl (C=O) groups excluding carboxylic acids is 3. The zero-order valence-corrected chi connectivity index (χ0v) is 13.0. The van der Waals surface area contributed by atoms with Gasteiger partial charge in [-0.15, -0.1) is 11.3 Å². The quantitative estimate of drug-likeness (QED) is 0.679. The summed E-state index contributed by atoms with van der Waals surface area (Å²) in [5.74, 6) is -0.965. The highest BCUT2D eigenvalue weighted by atomic mass is 32.1. The number of aryl methyl sites for hydroxylation is 2. The van der Waals surface area contributed by atoms with Crippen LogP contribution in [0.2, 0.25) is 0 Å². The van der Waals surface area contributed by atoms with E-state index in [4.69, 9.17) is 4.74 Å². The van der Waals surface area contributed by atoms with Crippen LogP contribution in [-0.2, 0) is 22.4 Å². The second-order valence-electron chi connectivity index (χ2n) is 5.47. The van der Waals surface area contributed by atoms with E-state index in [1.165, 1.54) is 28.2 Å². The Kier molecular flexibility index (Phi) is 4.42. The van der Waals surface area contributed by atoms with Gasteiger partial charge in [-0.25, -0.2) is 9.59 Å². The molecular formula is C15H18N2O4S. The number of urea groups is 1. The SMILES string of the molecule is O=C(OCC(=O)N1CCNC1=O)c1cc2c(s1)CCCCC2. The Labute approximate surface area is 132 Å². The third-order valence-corrected chi connectivity index (χ3v) is 5.15. The van der Waals surface area contributed by atoms with Crippen molar-refractivity contribution in [3.8, 4) is 0 Å². The lowest BCUT2D eigenvalue weighted by atomic mass is 10.1. The van der Waals surface area contributed by atoms with Gasteiger partial charge in [0.05, 0.1) is 0 Å². The van der Waals surface area contributed by atoms with Gasteiger partial charge in [-0.05, 0) is 37.3 Å². The summed E-state index contributed by atoms with van der Waals surface area (Å²) in [5, 5.41) is 2.54. The topological polar surface area (TPSA) is 75.7 Å². The van der Waals surface area contributed by atoms with Crippen LogP contribution in [0.15, 0.2) is 6.07 Å². The first-order valence-electron chi connectivity index (χ1n) is 7.52. The summed E-state index contributed by atoms with van der Waals surface area (Å²) in [6.07, 6.45) is 5.56. The highest BCUT2D eigenvalue weighted by molar-refractivity contribution is 7.14. The summed E-state index contributed by atoms with van der Waals surface area (Å²) >= 11 is 1.46. The number of nitrogens with one attached hydrogen (secondary N) is 1. The van der Waals surface area contributed by atoms with Gasteiger partial charge in [0.1, 0.15) is 4.88 Å². The first-order valence-corrected chi connectivity index (χ1v) is 8.33. The van der Waals surface area contributed by atoms with Crippen molar-refractivity contribution in [2.75, 3.05) is 19.7 Å².